The summed E-state index contributed by atoms with van der Waals surface area (Å²) >= 11 is 0. The Labute approximate surface area is 80.1 Å². The third kappa shape index (κ3) is 3.93. The molecule has 0 heterocycles. The summed E-state index contributed by atoms with van der Waals surface area (Å²) in [7, 11) is 0. The Balaban J connectivity index is 4.23. The van der Waals surface area contributed by atoms with Gasteiger partial charge in [-0.15, -0.1) is 0 Å². The molecule has 0 aliphatic rings. The minimum atomic E-state index is -0.508. The average molecular weight is 182 g/mol. The molecule has 0 aromatic rings. The smallest absolute Gasteiger partial charge is 0.237 e. The van der Waals surface area contributed by atoms with Gasteiger partial charge in [0.25, 0.3) is 0 Å². The molecule has 0 spiro atoms. The standard InChI is InChI=1S/C10H18N2O/c1-5-8(7-11)9(13)12-10(3,4)6-2/h8H,5-6H2,1-4H3,(H,12,13). The Bertz CT molecular complexity index is 215. The molecule has 0 aliphatic carbocycles. The first-order chi connectivity index (χ1) is 5.96. The molecule has 0 radical (unpaired) electrons. The lowest BCUT2D eigenvalue weighted by Gasteiger charge is -2.25. The van der Waals surface area contributed by atoms with E-state index in [4.69, 9.17) is 5.26 Å². The third-order valence-corrected chi connectivity index (χ3v) is 2.23. The zero-order valence-electron chi connectivity index (χ0n) is 8.85. The van der Waals surface area contributed by atoms with Gasteiger partial charge in [-0.3, -0.25) is 4.79 Å². The van der Waals surface area contributed by atoms with Crippen LogP contribution in [0, 0.1) is 17.2 Å². The highest BCUT2D eigenvalue weighted by Crippen LogP contribution is 2.09. The predicted octanol–water partition coefficient (Wildman–Crippen LogP) is 1.84. The lowest BCUT2D eigenvalue weighted by Crippen LogP contribution is -2.45. The highest BCUT2D eigenvalue weighted by Gasteiger charge is 2.22. The maximum atomic E-state index is 11.4. The molecular weight excluding hydrogens is 164 g/mol. The van der Waals surface area contributed by atoms with Crippen LogP contribution in [0.25, 0.3) is 0 Å². The van der Waals surface area contributed by atoms with E-state index in [0.29, 0.717) is 6.42 Å². The van der Waals surface area contributed by atoms with Gasteiger partial charge in [0, 0.05) is 5.54 Å². The monoisotopic (exact) mass is 182 g/mol. The van der Waals surface area contributed by atoms with E-state index in [-0.39, 0.29) is 11.4 Å². The Morgan fingerprint density at radius 1 is 1.54 bits per heavy atom. The van der Waals surface area contributed by atoms with Gasteiger partial charge in [-0.1, -0.05) is 13.8 Å². The molecule has 1 atom stereocenters. The van der Waals surface area contributed by atoms with Gasteiger partial charge < -0.3 is 5.32 Å². The first-order valence-electron chi connectivity index (χ1n) is 4.68. The number of rotatable bonds is 4. The van der Waals surface area contributed by atoms with E-state index in [1.807, 2.05) is 33.8 Å². The maximum absolute atomic E-state index is 11.4. The number of hydrogen-bond donors (Lipinski definition) is 1. The number of carbonyl (C=O) groups excluding carboxylic acids is 1. The van der Waals surface area contributed by atoms with Crippen molar-refractivity contribution in [2.75, 3.05) is 0 Å². The number of carbonyl (C=O) groups is 1. The lowest BCUT2D eigenvalue weighted by atomic mass is 9.99. The molecule has 0 bridgehead atoms. The number of nitriles is 1. The van der Waals surface area contributed by atoms with Crippen molar-refractivity contribution in [2.24, 2.45) is 5.92 Å². The van der Waals surface area contributed by atoms with Crippen LogP contribution in [0.3, 0.4) is 0 Å². The quantitative estimate of drug-likeness (QED) is 0.721. The molecule has 3 nitrogen and oxygen atoms in total. The van der Waals surface area contributed by atoms with E-state index in [1.54, 1.807) is 0 Å². The molecule has 0 aromatic heterocycles. The molecule has 0 aromatic carbocycles. The van der Waals surface area contributed by atoms with E-state index >= 15 is 0 Å². The van der Waals surface area contributed by atoms with Crippen LogP contribution in [0.2, 0.25) is 0 Å². The molecule has 0 saturated heterocycles. The second kappa shape index (κ2) is 4.86. The second-order valence-corrected chi connectivity index (χ2v) is 3.82. The van der Waals surface area contributed by atoms with Gasteiger partial charge >= 0.3 is 0 Å². The summed E-state index contributed by atoms with van der Waals surface area (Å²) in [4.78, 5) is 11.4. The average Bonchev–Trinajstić information content (AvgIpc) is 2.06. The summed E-state index contributed by atoms with van der Waals surface area (Å²) in [5, 5.41) is 11.5. The van der Waals surface area contributed by atoms with E-state index in [0.717, 1.165) is 6.42 Å². The first-order valence-corrected chi connectivity index (χ1v) is 4.68. The third-order valence-electron chi connectivity index (χ3n) is 2.23. The molecule has 0 aliphatic heterocycles. The number of nitrogens with zero attached hydrogens (tertiary/aromatic N) is 1. The van der Waals surface area contributed by atoms with Crippen LogP contribution >= 0.6 is 0 Å². The Hall–Kier alpha value is -1.04. The molecule has 74 valence electrons. The largest absolute Gasteiger partial charge is 0.350 e. The summed E-state index contributed by atoms with van der Waals surface area (Å²) in [6.07, 6.45) is 1.43. The summed E-state index contributed by atoms with van der Waals surface area (Å²) < 4.78 is 0. The Morgan fingerprint density at radius 3 is 2.38 bits per heavy atom. The van der Waals surface area contributed by atoms with Gasteiger partial charge in [0.1, 0.15) is 5.92 Å². The molecule has 3 heteroatoms. The lowest BCUT2D eigenvalue weighted by molar-refractivity contribution is -0.125. The van der Waals surface area contributed by atoms with Crippen molar-refractivity contribution in [3.05, 3.63) is 0 Å². The van der Waals surface area contributed by atoms with E-state index in [2.05, 4.69) is 5.32 Å². The van der Waals surface area contributed by atoms with Crippen molar-refractivity contribution in [3.63, 3.8) is 0 Å². The van der Waals surface area contributed by atoms with E-state index < -0.39 is 5.92 Å². The van der Waals surface area contributed by atoms with Crippen molar-refractivity contribution in [1.29, 1.82) is 5.26 Å². The van der Waals surface area contributed by atoms with Crippen molar-refractivity contribution >= 4 is 5.91 Å². The second-order valence-electron chi connectivity index (χ2n) is 3.82. The van der Waals surface area contributed by atoms with Crippen LogP contribution < -0.4 is 5.32 Å². The van der Waals surface area contributed by atoms with Crippen LogP contribution in [-0.2, 0) is 4.79 Å². The molecule has 0 fully saturated rings. The minimum Gasteiger partial charge on any atom is -0.350 e. The van der Waals surface area contributed by atoms with Gasteiger partial charge in [0.2, 0.25) is 5.91 Å². The summed E-state index contributed by atoms with van der Waals surface area (Å²) in [6, 6.07) is 1.99. The van der Waals surface area contributed by atoms with Crippen molar-refractivity contribution in [3.8, 4) is 6.07 Å². The van der Waals surface area contributed by atoms with Crippen LogP contribution in [0.1, 0.15) is 40.5 Å². The van der Waals surface area contributed by atoms with Crippen LogP contribution in [-0.4, -0.2) is 11.4 Å². The molecule has 13 heavy (non-hydrogen) atoms. The topological polar surface area (TPSA) is 52.9 Å². The van der Waals surface area contributed by atoms with Gasteiger partial charge in [0.15, 0.2) is 0 Å². The minimum absolute atomic E-state index is 0.156. The van der Waals surface area contributed by atoms with Crippen molar-refractivity contribution in [2.45, 2.75) is 46.1 Å². The molecule has 0 saturated carbocycles. The number of hydrogen-bond acceptors (Lipinski definition) is 2. The fraction of sp³-hybridized carbons (Fsp3) is 0.800. The van der Waals surface area contributed by atoms with Crippen LogP contribution in [0.4, 0.5) is 0 Å². The van der Waals surface area contributed by atoms with Gasteiger partial charge in [-0.05, 0) is 26.7 Å². The highest BCUT2D eigenvalue weighted by atomic mass is 16.2. The fourth-order valence-corrected chi connectivity index (χ4v) is 0.844. The summed E-state index contributed by atoms with van der Waals surface area (Å²) in [5.74, 6) is -0.664. The van der Waals surface area contributed by atoms with Gasteiger partial charge in [-0.2, -0.15) is 5.26 Å². The first kappa shape index (κ1) is 12.0. The zero-order valence-corrected chi connectivity index (χ0v) is 8.85. The number of nitrogens with one attached hydrogen (secondary N) is 1. The van der Waals surface area contributed by atoms with E-state index in [9.17, 15) is 4.79 Å². The summed E-state index contributed by atoms with van der Waals surface area (Å²) in [5.41, 5.74) is -0.207. The number of amides is 1. The van der Waals surface area contributed by atoms with Gasteiger partial charge in [0.05, 0.1) is 6.07 Å². The SMILES string of the molecule is CCC(C#N)C(=O)NC(C)(C)CC. The molecular formula is C10H18N2O. The highest BCUT2D eigenvalue weighted by molar-refractivity contribution is 5.81. The zero-order chi connectivity index (χ0) is 10.5. The molecule has 1 amide bonds. The van der Waals surface area contributed by atoms with Crippen molar-refractivity contribution < 1.29 is 4.79 Å². The molecule has 1 N–H and O–H groups in total. The van der Waals surface area contributed by atoms with Gasteiger partial charge in [-0.25, -0.2) is 0 Å². The Morgan fingerprint density at radius 2 is 2.08 bits per heavy atom. The Kier molecular flexibility index (Phi) is 4.47. The molecule has 1 unspecified atom stereocenters. The van der Waals surface area contributed by atoms with Crippen molar-refractivity contribution in [1.82, 2.24) is 5.32 Å². The normalized spacial score (nSPS) is 13.2. The predicted molar refractivity (Wildman–Crippen MR) is 51.9 cm³/mol. The summed E-state index contributed by atoms with van der Waals surface area (Å²) in [6.45, 7) is 7.75. The molecule has 0 rings (SSSR count). The fourth-order valence-electron chi connectivity index (χ4n) is 0.844. The maximum Gasteiger partial charge on any atom is 0.237 e. The van der Waals surface area contributed by atoms with E-state index in [1.165, 1.54) is 0 Å². The van der Waals surface area contributed by atoms with Crippen LogP contribution in [0.5, 0.6) is 0 Å². The van der Waals surface area contributed by atoms with Crippen LogP contribution in [0.15, 0.2) is 0 Å².